The van der Waals surface area contributed by atoms with Gasteiger partial charge in [0.25, 0.3) is 0 Å². The molecule has 0 heterocycles. The zero-order valence-electron chi connectivity index (χ0n) is 7.91. The van der Waals surface area contributed by atoms with Crippen LogP contribution in [0.25, 0.3) is 0 Å². The number of nitrogens with two attached hydrogens (primary N) is 1. The molecule has 4 heteroatoms. The molecule has 3 amide bonds. The molecule has 1 rings (SSSR count). The Morgan fingerprint density at radius 1 is 1.43 bits per heavy atom. The van der Waals surface area contributed by atoms with Gasteiger partial charge in [0.05, 0.1) is 6.42 Å². The van der Waals surface area contributed by atoms with Crippen molar-refractivity contribution in [2.24, 2.45) is 5.73 Å². The Balaban J connectivity index is 2.60. The lowest BCUT2D eigenvalue weighted by Gasteiger charge is -2.01. The van der Waals surface area contributed by atoms with Crippen molar-refractivity contribution in [2.75, 3.05) is 0 Å². The molecule has 0 aliphatic rings. The number of hydrogen-bond acceptors (Lipinski definition) is 2. The highest BCUT2D eigenvalue weighted by molar-refractivity contribution is 5.94. The quantitative estimate of drug-likeness (QED) is 0.725. The van der Waals surface area contributed by atoms with E-state index in [9.17, 15) is 9.59 Å². The van der Waals surface area contributed by atoms with E-state index in [0.717, 1.165) is 11.1 Å². The average Bonchev–Trinajstić information content (AvgIpc) is 2.01. The van der Waals surface area contributed by atoms with Crippen LogP contribution < -0.4 is 11.1 Å². The maximum Gasteiger partial charge on any atom is 0.318 e. The number of primary amides is 1. The third-order valence-corrected chi connectivity index (χ3v) is 1.71. The van der Waals surface area contributed by atoms with E-state index in [1.165, 1.54) is 0 Å². The number of aryl methyl sites for hydroxylation is 1. The van der Waals surface area contributed by atoms with Crippen molar-refractivity contribution in [3.05, 3.63) is 35.4 Å². The van der Waals surface area contributed by atoms with E-state index < -0.39 is 6.03 Å². The normalized spacial score (nSPS) is 9.50. The van der Waals surface area contributed by atoms with E-state index >= 15 is 0 Å². The SMILES string of the molecule is Cc1cccc(CC(=O)NC(N)=O)c1. The number of benzene rings is 1. The first-order chi connectivity index (χ1) is 6.58. The molecule has 1 aromatic carbocycles. The summed E-state index contributed by atoms with van der Waals surface area (Å²) < 4.78 is 0. The van der Waals surface area contributed by atoms with Gasteiger partial charge in [-0.25, -0.2) is 4.79 Å². The molecule has 0 spiro atoms. The standard InChI is InChI=1S/C10H12N2O2/c1-7-3-2-4-8(5-7)6-9(13)12-10(11)14/h2-5H,6H2,1H3,(H3,11,12,13,14). The van der Waals surface area contributed by atoms with Gasteiger partial charge in [0.1, 0.15) is 0 Å². The summed E-state index contributed by atoms with van der Waals surface area (Å²) in [7, 11) is 0. The molecule has 4 nitrogen and oxygen atoms in total. The van der Waals surface area contributed by atoms with Gasteiger partial charge in [-0.05, 0) is 12.5 Å². The van der Waals surface area contributed by atoms with Gasteiger partial charge < -0.3 is 5.73 Å². The smallest absolute Gasteiger partial charge is 0.318 e. The maximum atomic E-state index is 11.1. The van der Waals surface area contributed by atoms with Crippen molar-refractivity contribution in [1.29, 1.82) is 0 Å². The van der Waals surface area contributed by atoms with Crippen molar-refractivity contribution in [3.63, 3.8) is 0 Å². The lowest BCUT2D eigenvalue weighted by molar-refractivity contribution is -0.119. The number of nitrogens with one attached hydrogen (secondary N) is 1. The highest BCUT2D eigenvalue weighted by Gasteiger charge is 2.04. The van der Waals surface area contributed by atoms with Crippen LogP contribution in [-0.4, -0.2) is 11.9 Å². The first kappa shape index (κ1) is 10.2. The Morgan fingerprint density at radius 3 is 2.71 bits per heavy atom. The van der Waals surface area contributed by atoms with Crippen molar-refractivity contribution >= 4 is 11.9 Å². The van der Waals surface area contributed by atoms with Gasteiger partial charge >= 0.3 is 6.03 Å². The van der Waals surface area contributed by atoms with Crippen LogP contribution in [0.5, 0.6) is 0 Å². The van der Waals surface area contributed by atoms with E-state index in [0.29, 0.717) is 0 Å². The minimum absolute atomic E-state index is 0.171. The highest BCUT2D eigenvalue weighted by atomic mass is 16.2. The molecule has 0 aliphatic carbocycles. The average molecular weight is 192 g/mol. The lowest BCUT2D eigenvalue weighted by Crippen LogP contribution is -2.35. The van der Waals surface area contributed by atoms with E-state index in [1.807, 2.05) is 36.5 Å². The van der Waals surface area contributed by atoms with Crippen LogP contribution in [0, 0.1) is 6.92 Å². The molecule has 14 heavy (non-hydrogen) atoms. The molecule has 0 aromatic heterocycles. The third kappa shape index (κ3) is 3.26. The summed E-state index contributed by atoms with van der Waals surface area (Å²) in [5.41, 5.74) is 6.75. The van der Waals surface area contributed by atoms with Gasteiger partial charge in [-0.15, -0.1) is 0 Å². The Bertz CT molecular complexity index is 361. The fourth-order valence-electron chi connectivity index (χ4n) is 1.19. The molecular formula is C10H12N2O2. The van der Waals surface area contributed by atoms with Crippen LogP contribution in [0.2, 0.25) is 0 Å². The zero-order chi connectivity index (χ0) is 10.6. The Labute approximate surface area is 82.1 Å². The van der Waals surface area contributed by atoms with Crippen LogP contribution in [-0.2, 0) is 11.2 Å². The molecule has 0 unspecified atom stereocenters. The molecule has 0 aliphatic heterocycles. The van der Waals surface area contributed by atoms with Gasteiger partial charge in [0.15, 0.2) is 0 Å². The predicted octanol–water partition coefficient (Wildman–Crippen LogP) is 0.732. The third-order valence-electron chi connectivity index (χ3n) is 1.71. The van der Waals surface area contributed by atoms with Crippen molar-refractivity contribution in [2.45, 2.75) is 13.3 Å². The summed E-state index contributed by atoms with van der Waals surface area (Å²) in [5, 5.41) is 2.01. The lowest BCUT2D eigenvalue weighted by atomic mass is 10.1. The predicted molar refractivity (Wildman–Crippen MR) is 52.6 cm³/mol. The second-order valence-electron chi connectivity index (χ2n) is 3.08. The Kier molecular flexibility index (Phi) is 3.23. The Morgan fingerprint density at radius 2 is 2.14 bits per heavy atom. The number of amides is 3. The molecule has 0 saturated heterocycles. The second kappa shape index (κ2) is 4.41. The first-order valence-electron chi connectivity index (χ1n) is 4.23. The molecule has 0 bridgehead atoms. The number of carbonyl (C=O) groups excluding carboxylic acids is 2. The van der Waals surface area contributed by atoms with Crippen molar-refractivity contribution in [1.82, 2.24) is 5.32 Å². The summed E-state index contributed by atoms with van der Waals surface area (Å²) >= 11 is 0. The molecule has 0 atom stereocenters. The summed E-state index contributed by atoms with van der Waals surface area (Å²) in [5.74, 6) is -0.386. The van der Waals surface area contributed by atoms with Crippen LogP contribution in [0.1, 0.15) is 11.1 Å². The molecule has 0 fully saturated rings. The number of hydrogen-bond donors (Lipinski definition) is 2. The summed E-state index contributed by atoms with van der Waals surface area (Å²) in [6.07, 6.45) is 0.171. The van der Waals surface area contributed by atoms with E-state index in [1.54, 1.807) is 0 Å². The van der Waals surface area contributed by atoms with Gasteiger partial charge in [-0.1, -0.05) is 29.8 Å². The molecule has 0 radical (unpaired) electrons. The minimum atomic E-state index is -0.817. The first-order valence-corrected chi connectivity index (χ1v) is 4.23. The second-order valence-corrected chi connectivity index (χ2v) is 3.08. The molecule has 1 aromatic rings. The molecule has 0 saturated carbocycles. The monoisotopic (exact) mass is 192 g/mol. The van der Waals surface area contributed by atoms with Crippen LogP contribution in [0.3, 0.4) is 0 Å². The highest BCUT2D eigenvalue weighted by Crippen LogP contribution is 2.04. The van der Waals surface area contributed by atoms with Gasteiger partial charge in [-0.3, -0.25) is 10.1 Å². The summed E-state index contributed by atoms with van der Waals surface area (Å²) in [6.45, 7) is 1.94. The van der Waals surface area contributed by atoms with Crippen molar-refractivity contribution in [3.8, 4) is 0 Å². The fourth-order valence-corrected chi connectivity index (χ4v) is 1.19. The number of rotatable bonds is 2. The number of carbonyl (C=O) groups is 2. The summed E-state index contributed by atoms with van der Waals surface area (Å²) in [6, 6.07) is 6.70. The fraction of sp³-hybridized carbons (Fsp3) is 0.200. The van der Waals surface area contributed by atoms with E-state index in [-0.39, 0.29) is 12.3 Å². The zero-order valence-corrected chi connectivity index (χ0v) is 7.91. The number of urea groups is 1. The van der Waals surface area contributed by atoms with Crippen LogP contribution >= 0.6 is 0 Å². The van der Waals surface area contributed by atoms with Gasteiger partial charge in [-0.2, -0.15) is 0 Å². The van der Waals surface area contributed by atoms with Crippen LogP contribution in [0.4, 0.5) is 4.79 Å². The van der Waals surface area contributed by atoms with E-state index in [4.69, 9.17) is 5.73 Å². The molecule has 3 N–H and O–H groups in total. The largest absolute Gasteiger partial charge is 0.351 e. The van der Waals surface area contributed by atoms with Gasteiger partial charge in [0.2, 0.25) is 5.91 Å². The topological polar surface area (TPSA) is 72.2 Å². The molecular weight excluding hydrogens is 180 g/mol. The number of imide groups is 1. The Hall–Kier alpha value is -1.84. The maximum absolute atomic E-state index is 11.1. The molecule has 74 valence electrons. The van der Waals surface area contributed by atoms with Gasteiger partial charge in [0, 0.05) is 0 Å². The summed E-state index contributed by atoms with van der Waals surface area (Å²) in [4.78, 5) is 21.5. The van der Waals surface area contributed by atoms with E-state index in [2.05, 4.69) is 0 Å². The van der Waals surface area contributed by atoms with Crippen molar-refractivity contribution < 1.29 is 9.59 Å². The van der Waals surface area contributed by atoms with Crippen LogP contribution in [0.15, 0.2) is 24.3 Å². The minimum Gasteiger partial charge on any atom is -0.351 e.